The molecule has 3 aliphatic heterocycles. The highest BCUT2D eigenvalue weighted by Gasteiger charge is 2.40. The third-order valence-electron chi connectivity index (χ3n) is 10.4. The summed E-state index contributed by atoms with van der Waals surface area (Å²) >= 11 is 13.9. The predicted molar refractivity (Wildman–Crippen MR) is 203 cm³/mol. The topological polar surface area (TPSA) is 151 Å². The molecule has 5 aromatic rings. The molecular weight excluding hydrogens is 755 g/mol. The van der Waals surface area contributed by atoms with Crippen molar-refractivity contribution in [3.8, 4) is 11.1 Å². The Hall–Kier alpha value is -4.80. The first kappa shape index (κ1) is 37.1. The number of likely N-dealkylation sites (tertiary alicyclic amines) is 2. The number of benzene rings is 2. The molecule has 17 heteroatoms. The van der Waals surface area contributed by atoms with E-state index in [9.17, 15) is 23.5 Å². The number of ether oxygens (including phenoxy) is 1. The Kier molecular flexibility index (Phi) is 10.4. The minimum Gasteiger partial charge on any atom is -0.469 e. The molecule has 0 spiro atoms. The summed E-state index contributed by atoms with van der Waals surface area (Å²) in [5, 5.41) is 20.9. The van der Waals surface area contributed by atoms with Crippen LogP contribution in [0.15, 0.2) is 54.7 Å². The molecule has 2 atom stereocenters. The second-order valence-corrected chi connectivity index (χ2v) is 14.8. The molecule has 55 heavy (non-hydrogen) atoms. The summed E-state index contributed by atoms with van der Waals surface area (Å²) in [6.07, 6.45) is 0.782. The van der Waals surface area contributed by atoms with Crippen molar-refractivity contribution in [3.63, 3.8) is 0 Å². The first-order chi connectivity index (χ1) is 26.6. The molecule has 3 aromatic heterocycles. The Bertz CT molecular complexity index is 2290. The molecule has 3 N–H and O–H groups in total. The minimum atomic E-state index is -2.93. The molecular formula is C38H37Cl2F2N9O4. The van der Waals surface area contributed by atoms with E-state index in [2.05, 4.69) is 40.5 Å². The van der Waals surface area contributed by atoms with Crippen molar-refractivity contribution in [2.45, 2.75) is 50.9 Å². The van der Waals surface area contributed by atoms with Crippen LogP contribution in [-0.4, -0.2) is 90.9 Å². The fourth-order valence-electron chi connectivity index (χ4n) is 7.57. The van der Waals surface area contributed by atoms with Crippen LogP contribution < -0.4 is 10.6 Å². The molecule has 1 amide bonds. The second-order valence-electron chi connectivity index (χ2n) is 14.0. The van der Waals surface area contributed by atoms with Gasteiger partial charge in [0, 0.05) is 56.6 Å². The molecule has 2 saturated heterocycles. The van der Waals surface area contributed by atoms with E-state index in [1.165, 1.54) is 7.11 Å². The normalized spacial score (nSPS) is 19.0. The molecule has 0 unspecified atom stereocenters. The van der Waals surface area contributed by atoms with E-state index < -0.39 is 24.3 Å². The number of aromatic nitrogens is 5. The molecule has 0 aliphatic carbocycles. The van der Waals surface area contributed by atoms with Gasteiger partial charge in [0.05, 0.1) is 57.8 Å². The zero-order chi connectivity index (χ0) is 38.4. The molecule has 13 nitrogen and oxygen atoms in total. The number of methoxy groups -OCH3 is 1. The summed E-state index contributed by atoms with van der Waals surface area (Å²) in [5.74, 6) is -1.40. The van der Waals surface area contributed by atoms with Gasteiger partial charge < -0.3 is 20.5 Å². The van der Waals surface area contributed by atoms with Crippen LogP contribution in [0.2, 0.25) is 10.0 Å². The van der Waals surface area contributed by atoms with Crippen molar-refractivity contribution in [1.29, 1.82) is 0 Å². The van der Waals surface area contributed by atoms with Crippen LogP contribution in [0.1, 0.15) is 59.3 Å². The standard InChI is InChI=1S/C38H37Cl2F2N9O4/c1-55-38(54)21-17-50(18-21)29-9-4-11-51-30(29)14-28(48-51)37(53)46-26-8-3-6-24(32(26)40)23-5-2-7-25(31(23)39)44-35-33-27(45-36(47-35)34(41)42)13-20(15-43-33)16-49-12-10-22(52)19-49/h2-3,5-8,13-15,21-22,29,34,52H,4,9-12,16-19H2,1H3,(H,46,53)(H,44,45,47)/t22-,29+/m1/s1. The SMILES string of the molecule is COC(=O)C1CN([C@H]2CCCn3nc(C(=O)Nc4cccc(-c5cccc(Nc6nc(C(F)F)nc7cc(CN8CC[C@@H](O)C8)cnc67)c5Cl)c4Cl)cc32)C1. The van der Waals surface area contributed by atoms with Gasteiger partial charge in [-0.2, -0.15) is 5.10 Å². The number of amides is 1. The number of hydrogen-bond donors (Lipinski definition) is 3. The number of halogens is 4. The van der Waals surface area contributed by atoms with Crippen LogP contribution in [0, 0.1) is 5.92 Å². The van der Waals surface area contributed by atoms with Crippen molar-refractivity contribution in [1.82, 2.24) is 34.5 Å². The maximum atomic E-state index is 14.0. The second kappa shape index (κ2) is 15.4. The molecule has 2 fully saturated rings. The molecule has 0 radical (unpaired) electrons. The molecule has 3 aliphatic rings. The number of hydrogen-bond acceptors (Lipinski definition) is 11. The van der Waals surface area contributed by atoms with Crippen LogP contribution in [0.25, 0.3) is 22.2 Å². The Morgan fingerprint density at radius 1 is 1.00 bits per heavy atom. The lowest BCUT2D eigenvalue weighted by molar-refractivity contribution is -0.152. The number of β-amino-alcohol motifs (C(OH)–C–C–N with tert-alkyl or cyclic N) is 1. The maximum absolute atomic E-state index is 14.0. The highest BCUT2D eigenvalue weighted by molar-refractivity contribution is 6.39. The van der Waals surface area contributed by atoms with Crippen molar-refractivity contribution in [2.75, 3.05) is 43.9 Å². The lowest BCUT2D eigenvalue weighted by Gasteiger charge is -2.44. The maximum Gasteiger partial charge on any atom is 0.311 e. The van der Waals surface area contributed by atoms with Gasteiger partial charge in [-0.3, -0.25) is 29.1 Å². The molecule has 0 bridgehead atoms. The van der Waals surface area contributed by atoms with E-state index in [0.717, 1.165) is 30.6 Å². The fourth-order valence-corrected chi connectivity index (χ4v) is 8.13. The summed E-state index contributed by atoms with van der Waals surface area (Å²) < 4.78 is 34.7. The number of nitrogens with one attached hydrogen (secondary N) is 2. The van der Waals surface area contributed by atoms with E-state index in [4.69, 9.17) is 27.9 Å². The van der Waals surface area contributed by atoms with Crippen LogP contribution in [-0.2, 0) is 22.6 Å². The number of pyridine rings is 1. The van der Waals surface area contributed by atoms with Gasteiger partial charge in [-0.1, -0.05) is 47.5 Å². The summed E-state index contributed by atoms with van der Waals surface area (Å²) in [4.78, 5) is 42.5. The van der Waals surface area contributed by atoms with Crippen LogP contribution in [0.5, 0.6) is 0 Å². The van der Waals surface area contributed by atoms with Crippen LogP contribution in [0.4, 0.5) is 26.0 Å². The minimum absolute atomic E-state index is 0.0461. The smallest absolute Gasteiger partial charge is 0.311 e. The monoisotopic (exact) mass is 791 g/mol. The number of nitrogens with zero attached hydrogens (tertiary/aromatic N) is 7. The van der Waals surface area contributed by atoms with Crippen molar-refractivity contribution in [3.05, 3.63) is 87.5 Å². The van der Waals surface area contributed by atoms with Crippen molar-refractivity contribution in [2.24, 2.45) is 5.92 Å². The van der Waals surface area contributed by atoms with Crippen molar-refractivity contribution < 1.29 is 28.2 Å². The third-order valence-corrected chi connectivity index (χ3v) is 11.2. The van der Waals surface area contributed by atoms with E-state index in [0.29, 0.717) is 61.6 Å². The van der Waals surface area contributed by atoms with Crippen molar-refractivity contribution >= 4 is 63.3 Å². The number of aliphatic hydroxyl groups is 1. The first-order valence-corrected chi connectivity index (χ1v) is 18.7. The number of aliphatic hydroxyl groups excluding tert-OH is 1. The molecule has 0 saturated carbocycles. The quantitative estimate of drug-likeness (QED) is 0.131. The van der Waals surface area contributed by atoms with Gasteiger partial charge in [0.2, 0.25) is 0 Å². The number of esters is 1. The molecule has 2 aromatic carbocycles. The number of carbonyl (C=O) groups is 2. The largest absolute Gasteiger partial charge is 0.469 e. The Morgan fingerprint density at radius 3 is 2.45 bits per heavy atom. The van der Waals surface area contributed by atoms with Crippen LogP contribution >= 0.6 is 23.2 Å². The fraction of sp³-hybridized carbons (Fsp3) is 0.368. The van der Waals surface area contributed by atoms with Crippen LogP contribution in [0.3, 0.4) is 0 Å². The number of carbonyl (C=O) groups excluding carboxylic acids is 2. The summed E-state index contributed by atoms with van der Waals surface area (Å²) in [5.41, 5.74) is 4.20. The van der Waals surface area contributed by atoms with Gasteiger partial charge in [0.1, 0.15) is 5.52 Å². The lowest BCUT2D eigenvalue weighted by Crippen LogP contribution is -2.52. The zero-order valence-corrected chi connectivity index (χ0v) is 31.2. The van der Waals surface area contributed by atoms with E-state index in [-0.39, 0.29) is 50.5 Å². The van der Waals surface area contributed by atoms with E-state index in [1.807, 2.05) is 4.68 Å². The number of anilines is 3. The van der Waals surface area contributed by atoms with E-state index in [1.54, 1.807) is 54.7 Å². The average Bonchev–Trinajstić information content (AvgIpc) is 3.79. The summed E-state index contributed by atoms with van der Waals surface area (Å²) in [6.45, 7) is 3.62. The lowest BCUT2D eigenvalue weighted by atomic mass is 9.93. The number of alkyl halides is 2. The number of aryl methyl sites for hydroxylation is 1. The van der Waals surface area contributed by atoms with Gasteiger partial charge in [0.25, 0.3) is 12.3 Å². The van der Waals surface area contributed by atoms with Gasteiger partial charge in [0.15, 0.2) is 17.3 Å². The highest BCUT2D eigenvalue weighted by Crippen LogP contribution is 2.42. The Morgan fingerprint density at radius 2 is 1.75 bits per heavy atom. The molecule has 8 rings (SSSR count). The first-order valence-electron chi connectivity index (χ1n) is 18.0. The number of fused-ring (bicyclic) bond motifs is 2. The molecule has 6 heterocycles. The number of rotatable bonds is 10. The molecule has 286 valence electrons. The van der Waals surface area contributed by atoms with E-state index >= 15 is 0 Å². The third kappa shape index (κ3) is 7.46. The zero-order valence-electron chi connectivity index (χ0n) is 29.7. The predicted octanol–water partition coefficient (Wildman–Crippen LogP) is 6.63. The highest BCUT2D eigenvalue weighted by atomic mass is 35.5. The Labute approximate surface area is 324 Å². The van der Waals surface area contributed by atoms with Gasteiger partial charge >= 0.3 is 5.97 Å². The van der Waals surface area contributed by atoms with Gasteiger partial charge in [-0.15, -0.1) is 0 Å². The van der Waals surface area contributed by atoms with Gasteiger partial charge in [-0.25, -0.2) is 18.7 Å². The summed E-state index contributed by atoms with van der Waals surface area (Å²) in [6, 6.07) is 13.9. The summed E-state index contributed by atoms with van der Waals surface area (Å²) in [7, 11) is 1.39. The average molecular weight is 793 g/mol. The van der Waals surface area contributed by atoms with Gasteiger partial charge in [-0.05, 0) is 49.1 Å². The Balaban J connectivity index is 1.02.